The van der Waals surface area contributed by atoms with E-state index < -0.39 is 5.97 Å². The molecule has 0 aromatic heterocycles. The monoisotopic (exact) mass is 764 g/mol. The lowest BCUT2D eigenvalue weighted by Gasteiger charge is -2.14. The Morgan fingerprint density at radius 2 is 1.16 bits per heavy atom. The molecule has 2 aliphatic rings. The highest BCUT2D eigenvalue weighted by Gasteiger charge is 2.24. The number of benzene rings is 4. The van der Waals surface area contributed by atoms with Crippen molar-refractivity contribution in [3.8, 4) is 12.8 Å². The van der Waals surface area contributed by atoms with Gasteiger partial charge in [0.25, 0.3) is 0 Å². The second kappa shape index (κ2) is 21.9. The first kappa shape index (κ1) is 40.4. The molecule has 2 heterocycles. The molecule has 2 saturated heterocycles. The van der Waals surface area contributed by atoms with Gasteiger partial charge in [-0.05, 0) is 47.5 Å². The van der Waals surface area contributed by atoms with Crippen molar-refractivity contribution >= 4 is 81.1 Å². The molecule has 2 unspecified atom stereocenters. The van der Waals surface area contributed by atoms with Gasteiger partial charge in [0.2, 0.25) is 0 Å². The summed E-state index contributed by atoms with van der Waals surface area (Å²) >= 11 is 24.5. The minimum Gasteiger partial charge on any atom is -0.481 e. The number of carboxylic acid groups (broad SMARTS) is 1. The number of aliphatic carboxylic acids is 1. The van der Waals surface area contributed by atoms with Crippen LogP contribution in [0, 0.1) is 12.8 Å². The van der Waals surface area contributed by atoms with Gasteiger partial charge in [0, 0.05) is 11.4 Å². The number of hydrogen-bond acceptors (Lipinski definition) is 9. The summed E-state index contributed by atoms with van der Waals surface area (Å²) in [7, 11) is 0. The third-order valence-electron chi connectivity index (χ3n) is 6.59. The van der Waals surface area contributed by atoms with E-state index in [4.69, 9.17) is 67.5 Å². The van der Waals surface area contributed by atoms with Crippen molar-refractivity contribution in [2.75, 3.05) is 37.1 Å². The topological polar surface area (TPSA) is 168 Å². The summed E-state index contributed by atoms with van der Waals surface area (Å²) < 4.78 is 20.5. The molecule has 2 fully saturated rings. The maximum atomic E-state index is 11.9. The number of carbonyl (C=O) groups is 2. The van der Waals surface area contributed by atoms with Gasteiger partial charge in [-0.25, -0.2) is 0 Å². The molecule has 0 amide bonds. The van der Waals surface area contributed by atoms with E-state index >= 15 is 0 Å². The Labute approximate surface area is 312 Å². The lowest BCUT2D eigenvalue weighted by Crippen LogP contribution is -2.13. The Kier molecular flexibility index (Phi) is 17.7. The molecule has 6 rings (SSSR count). The van der Waals surface area contributed by atoms with Crippen LogP contribution in [-0.2, 0) is 36.6 Å². The summed E-state index contributed by atoms with van der Waals surface area (Å²) in [6, 6.07) is 25.1. The van der Waals surface area contributed by atoms with Gasteiger partial charge in [0.05, 0.1) is 64.1 Å². The van der Waals surface area contributed by atoms with Gasteiger partial charge >= 0.3 is 11.9 Å². The second-order valence-electron chi connectivity index (χ2n) is 10.3. The fraction of sp³-hybridized carbons (Fsp3) is 0.222. The first-order valence-electron chi connectivity index (χ1n) is 15.2. The van der Waals surface area contributed by atoms with Crippen LogP contribution in [0.4, 0.5) is 22.7 Å². The third kappa shape index (κ3) is 14.5. The Bertz CT molecular complexity index is 1730. The zero-order valence-corrected chi connectivity index (χ0v) is 29.7. The number of aliphatic hydroxyl groups is 1. The Hall–Kier alpha value is -4.02. The van der Waals surface area contributed by atoms with Gasteiger partial charge in [-0.3, -0.25) is 9.59 Å². The van der Waals surface area contributed by atoms with Crippen molar-refractivity contribution in [3.63, 3.8) is 0 Å². The fourth-order valence-electron chi connectivity index (χ4n) is 3.99. The molecule has 2 aliphatic heterocycles. The number of nitrogens with one attached hydrogen (secondary N) is 2. The number of carboxylic acids is 1. The minimum atomic E-state index is -0.889. The number of aliphatic hydroxyl groups excluding tert-OH is 1. The Morgan fingerprint density at radius 1 is 0.760 bits per heavy atom. The van der Waals surface area contributed by atoms with Crippen LogP contribution < -0.4 is 16.8 Å². The van der Waals surface area contributed by atoms with Crippen molar-refractivity contribution in [2.24, 2.45) is 0 Å². The smallest absolute Gasteiger partial charge is 0.310 e. The standard InChI is InChI=1S/C17H15Cl2NO3.C14H11Cl2NO2.C3H6O2.C2H2.H3N/c18-13-5-3-6-14(19)17(13)20-15-7-2-1-4-11(15)8-16(21)23-10-12-9-22-12;15-10-5-3-6-11(16)14(10)17-12-7-2-1-4-9(12)8-13(18)19;4-1-3-2-5-3;1-2;/h1-7,12,20H,8-10H2;1-7,17H,8H2,(H,18,19);3-4H,1-2H2;1-2H;1H3/i;;;1D;. The molecular formula is C36H37Cl4N3O7. The van der Waals surface area contributed by atoms with Crippen LogP contribution in [0.2, 0.25) is 20.1 Å². The first-order valence-corrected chi connectivity index (χ1v) is 16.2. The molecule has 4 aromatic carbocycles. The Balaban J connectivity index is 0.000000289. The minimum absolute atomic E-state index is 0. The average Bonchev–Trinajstić information content (AvgIpc) is 4.02. The number of epoxide rings is 2. The maximum Gasteiger partial charge on any atom is 0.310 e. The largest absolute Gasteiger partial charge is 0.481 e. The van der Waals surface area contributed by atoms with E-state index in [0.717, 1.165) is 17.9 Å². The highest BCUT2D eigenvalue weighted by molar-refractivity contribution is 6.39. The van der Waals surface area contributed by atoms with Gasteiger partial charge in [-0.1, -0.05) is 94.9 Å². The van der Waals surface area contributed by atoms with Crippen molar-refractivity contribution in [2.45, 2.75) is 25.0 Å². The van der Waals surface area contributed by atoms with Gasteiger partial charge in [-0.2, -0.15) is 0 Å². The normalized spacial score (nSPS) is 14.8. The fourth-order valence-corrected chi connectivity index (χ4v) is 4.97. The van der Waals surface area contributed by atoms with Gasteiger partial charge in [-0.15, -0.1) is 12.8 Å². The van der Waals surface area contributed by atoms with Crippen LogP contribution in [0.3, 0.4) is 0 Å². The van der Waals surface area contributed by atoms with E-state index in [0.29, 0.717) is 55.9 Å². The van der Waals surface area contributed by atoms with Crippen molar-refractivity contribution in [1.82, 2.24) is 6.15 Å². The zero-order valence-electron chi connectivity index (χ0n) is 27.7. The van der Waals surface area contributed by atoms with E-state index in [1.807, 2.05) is 30.3 Å². The van der Waals surface area contributed by atoms with Crippen LogP contribution in [-0.4, -0.2) is 60.8 Å². The van der Waals surface area contributed by atoms with Crippen molar-refractivity contribution < 1.29 is 35.4 Å². The van der Waals surface area contributed by atoms with Crippen LogP contribution in [0.1, 0.15) is 12.5 Å². The molecule has 0 aliphatic carbocycles. The summed E-state index contributed by atoms with van der Waals surface area (Å²) in [4.78, 5) is 22.8. The molecule has 14 heteroatoms. The average molecular weight is 767 g/mol. The molecule has 50 heavy (non-hydrogen) atoms. The summed E-state index contributed by atoms with van der Waals surface area (Å²) in [5.41, 5.74) is 4.12. The van der Waals surface area contributed by atoms with Crippen LogP contribution in [0.25, 0.3) is 0 Å². The maximum absolute atomic E-state index is 11.9. The number of anilines is 4. The van der Waals surface area contributed by atoms with Gasteiger partial charge < -0.3 is 41.2 Å². The second-order valence-corrected chi connectivity index (χ2v) is 11.9. The quantitative estimate of drug-likeness (QED) is 0.0568. The summed E-state index contributed by atoms with van der Waals surface area (Å²) in [6.07, 6.45) is 6.12. The van der Waals surface area contributed by atoms with Gasteiger partial charge in [0.1, 0.15) is 20.2 Å². The van der Waals surface area contributed by atoms with Crippen molar-refractivity contribution in [3.05, 3.63) is 116 Å². The molecule has 0 radical (unpaired) electrons. The van der Waals surface area contributed by atoms with E-state index in [1.165, 1.54) is 6.40 Å². The van der Waals surface area contributed by atoms with Crippen LogP contribution in [0.5, 0.6) is 0 Å². The van der Waals surface area contributed by atoms with E-state index in [-0.39, 0.29) is 43.8 Å². The van der Waals surface area contributed by atoms with E-state index in [1.54, 1.807) is 54.6 Å². The number of terminal acetylenes is 1. The van der Waals surface area contributed by atoms with Crippen LogP contribution >= 0.6 is 46.4 Å². The molecule has 2 atom stereocenters. The van der Waals surface area contributed by atoms with Gasteiger partial charge in [0.15, 0.2) is 0 Å². The number of carbonyl (C=O) groups excluding carboxylic acids is 1. The first-order chi connectivity index (χ1) is 24.1. The highest BCUT2D eigenvalue weighted by Crippen LogP contribution is 2.35. The molecular weight excluding hydrogens is 728 g/mol. The number of halogens is 4. The van der Waals surface area contributed by atoms with Crippen LogP contribution in [0.15, 0.2) is 84.9 Å². The molecule has 0 saturated carbocycles. The SMILES string of the molecule is N.O=C(Cc1ccccc1Nc1c(Cl)cccc1Cl)OCC1CO1.O=C(O)Cc1ccccc1Nc1c(Cl)cccc1Cl.OCC1CO1.[2H]C#C. The number of rotatable bonds is 11. The highest BCUT2D eigenvalue weighted by atomic mass is 35.5. The molecule has 7 N–H and O–H groups in total. The Morgan fingerprint density at radius 3 is 1.52 bits per heavy atom. The van der Waals surface area contributed by atoms with E-state index in [9.17, 15) is 9.59 Å². The molecule has 0 bridgehead atoms. The molecule has 10 nitrogen and oxygen atoms in total. The number of ether oxygens (including phenoxy) is 3. The lowest BCUT2D eigenvalue weighted by molar-refractivity contribution is -0.143. The summed E-state index contributed by atoms with van der Waals surface area (Å²) in [6.45, 7) is 1.93. The number of esters is 1. The number of para-hydroxylation sites is 4. The zero-order chi connectivity index (χ0) is 36.5. The lowest BCUT2D eigenvalue weighted by atomic mass is 10.1. The summed E-state index contributed by atoms with van der Waals surface area (Å²) in [5.74, 6) is -1.18. The molecule has 4 aromatic rings. The van der Waals surface area contributed by atoms with Crippen molar-refractivity contribution in [1.29, 1.82) is 0 Å². The predicted octanol–water partition coefficient (Wildman–Crippen LogP) is 8.37. The summed E-state index contributed by atoms with van der Waals surface area (Å²) in [5, 5.41) is 25.2. The number of hydrogen-bond donors (Lipinski definition) is 5. The predicted molar refractivity (Wildman–Crippen MR) is 200 cm³/mol. The third-order valence-corrected chi connectivity index (χ3v) is 7.85. The molecule has 266 valence electrons. The van der Waals surface area contributed by atoms with E-state index in [2.05, 4.69) is 21.8 Å². The molecule has 0 spiro atoms.